The number of aryl methyl sites for hydroxylation is 1. The van der Waals surface area contributed by atoms with Gasteiger partial charge < -0.3 is 15.0 Å². The van der Waals surface area contributed by atoms with Crippen LogP contribution in [0.4, 0.5) is 11.5 Å². The summed E-state index contributed by atoms with van der Waals surface area (Å²) in [6, 6.07) is 3.71. The fraction of sp³-hybridized carbons (Fsp3) is 0.478. The SMILES string of the molecule is CCOc1cc2nn(C)cc2cc1NC(=O)c1cnc(N2CC(CCC3CC3)C2)cn1. The number of fused-ring (bicyclic) bond motifs is 1. The molecule has 1 saturated heterocycles. The number of anilines is 2. The molecule has 5 rings (SSSR count). The highest BCUT2D eigenvalue weighted by Gasteiger charge is 2.30. The van der Waals surface area contributed by atoms with Crippen LogP contribution in [0.3, 0.4) is 0 Å². The molecule has 1 saturated carbocycles. The second kappa shape index (κ2) is 8.17. The number of aromatic nitrogens is 4. The van der Waals surface area contributed by atoms with Crippen LogP contribution in [0.2, 0.25) is 0 Å². The minimum Gasteiger partial charge on any atom is -0.492 e. The Bertz CT molecular complexity index is 1080. The van der Waals surface area contributed by atoms with Gasteiger partial charge in [0.2, 0.25) is 0 Å². The summed E-state index contributed by atoms with van der Waals surface area (Å²) in [4.78, 5) is 23.8. The van der Waals surface area contributed by atoms with Gasteiger partial charge in [0.25, 0.3) is 5.91 Å². The number of nitrogens with one attached hydrogen (secondary N) is 1. The van der Waals surface area contributed by atoms with Crippen molar-refractivity contribution in [2.75, 3.05) is 29.9 Å². The molecule has 162 valence electrons. The van der Waals surface area contributed by atoms with E-state index in [0.29, 0.717) is 18.0 Å². The van der Waals surface area contributed by atoms with Crippen molar-refractivity contribution in [2.45, 2.75) is 32.6 Å². The van der Waals surface area contributed by atoms with Crippen LogP contribution >= 0.6 is 0 Å². The molecule has 2 aromatic heterocycles. The number of carbonyl (C=O) groups excluding carboxylic acids is 1. The second-order valence-corrected chi connectivity index (χ2v) is 8.65. The Hall–Kier alpha value is -3.16. The summed E-state index contributed by atoms with van der Waals surface area (Å²) >= 11 is 0. The zero-order chi connectivity index (χ0) is 21.4. The first kappa shape index (κ1) is 19.8. The van der Waals surface area contributed by atoms with Gasteiger partial charge in [0.05, 0.1) is 30.2 Å². The molecule has 0 bridgehead atoms. The van der Waals surface area contributed by atoms with Crippen molar-refractivity contribution < 1.29 is 9.53 Å². The molecule has 2 aliphatic rings. The lowest BCUT2D eigenvalue weighted by atomic mass is 9.93. The van der Waals surface area contributed by atoms with Crippen molar-refractivity contribution in [3.63, 3.8) is 0 Å². The lowest BCUT2D eigenvalue weighted by molar-refractivity contribution is 0.102. The quantitative estimate of drug-likeness (QED) is 0.599. The molecule has 8 nitrogen and oxygen atoms in total. The van der Waals surface area contributed by atoms with Gasteiger partial charge in [-0.15, -0.1) is 0 Å². The Morgan fingerprint density at radius 1 is 1.16 bits per heavy atom. The average molecular weight is 421 g/mol. The number of benzene rings is 1. The largest absolute Gasteiger partial charge is 0.492 e. The number of amides is 1. The maximum absolute atomic E-state index is 12.8. The minimum atomic E-state index is -0.311. The third-order valence-electron chi connectivity index (χ3n) is 6.10. The maximum atomic E-state index is 12.8. The van der Waals surface area contributed by atoms with Crippen molar-refractivity contribution in [3.8, 4) is 5.75 Å². The molecular weight excluding hydrogens is 392 g/mol. The smallest absolute Gasteiger partial charge is 0.275 e. The minimum absolute atomic E-state index is 0.281. The molecule has 31 heavy (non-hydrogen) atoms. The Morgan fingerprint density at radius 2 is 1.97 bits per heavy atom. The molecule has 0 atom stereocenters. The van der Waals surface area contributed by atoms with Crippen molar-refractivity contribution in [3.05, 3.63) is 36.4 Å². The van der Waals surface area contributed by atoms with E-state index >= 15 is 0 Å². The van der Waals surface area contributed by atoms with Crippen molar-refractivity contribution in [2.24, 2.45) is 18.9 Å². The Kier molecular flexibility index (Phi) is 5.21. The first-order valence-electron chi connectivity index (χ1n) is 11.1. The van der Waals surface area contributed by atoms with E-state index in [4.69, 9.17) is 4.74 Å². The standard InChI is InChI=1S/C23H28N6O2/c1-3-31-21-9-18-17(14-28(2)27-18)8-19(21)26-23(30)20-10-25-22(11-24-20)29-12-16(13-29)7-6-15-4-5-15/h8-11,14-16H,3-7,12-13H2,1-2H3,(H,26,30). The van der Waals surface area contributed by atoms with Crippen LogP contribution in [0.1, 0.15) is 43.1 Å². The normalized spacial score (nSPS) is 16.4. The van der Waals surface area contributed by atoms with E-state index in [1.165, 1.54) is 25.7 Å². The summed E-state index contributed by atoms with van der Waals surface area (Å²) < 4.78 is 7.44. The lowest BCUT2D eigenvalue weighted by Gasteiger charge is -2.40. The number of hydrogen-bond donors (Lipinski definition) is 1. The summed E-state index contributed by atoms with van der Waals surface area (Å²) in [5.74, 6) is 2.88. The fourth-order valence-electron chi connectivity index (χ4n) is 4.15. The highest BCUT2D eigenvalue weighted by atomic mass is 16.5. The topological polar surface area (TPSA) is 85.2 Å². The number of rotatable bonds is 8. The van der Waals surface area contributed by atoms with E-state index in [0.717, 1.165) is 41.6 Å². The highest BCUT2D eigenvalue weighted by molar-refractivity contribution is 6.04. The highest BCUT2D eigenvalue weighted by Crippen LogP contribution is 2.36. The molecule has 1 aliphatic carbocycles. The van der Waals surface area contributed by atoms with Gasteiger partial charge in [-0.3, -0.25) is 9.48 Å². The van der Waals surface area contributed by atoms with Crippen LogP contribution in [0, 0.1) is 11.8 Å². The van der Waals surface area contributed by atoms with Crippen LogP contribution in [0.25, 0.3) is 10.9 Å². The third-order valence-corrected chi connectivity index (χ3v) is 6.10. The first-order chi connectivity index (χ1) is 15.1. The zero-order valence-electron chi connectivity index (χ0n) is 18.0. The van der Waals surface area contributed by atoms with E-state index in [1.54, 1.807) is 17.1 Å². The molecule has 3 heterocycles. The number of ether oxygens (including phenoxy) is 1. The van der Waals surface area contributed by atoms with Crippen molar-refractivity contribution >= 4 is 28.3 Å². The van der Waals surface area contributed by atoms with Gasteiger partial charge in [0.15, 0.2) is 0 Å². The zero-order valence-corrected chi connectivity index (χ0v) is 18.0. The summed E-state index contributed by atoms with van der Waals surface area (Å²) in [5.41, 5.74) is 1.70. The first-order valence-corrected chi connectivity index (χ1v) is 11.1. The molecule has 0 radical (unpaired) electrons. The molecule has 1 aromatic carbocycles. The molecule has 1 aliphatic heterocycles. The summed E-state index contributed by atoms with van der Waals surface area (Å²) in [5, 5.41) is 8.24. The summed E-state index contributed by atoms with van der Waals surface area (Å²) in [6.07, 6.45) is 10.7. The Morgan fingerprint density at radius 3 is 2.68 bits per heavy atom. The predicted octanol–water partition coefficient (Wildman–Crippen LogP) is 3.64. The summed E-state index contributed by atoms with van der Waals surface area (Å²) in [7, 11) is 1.86. The van der Waals surface area contributed by atoms with E-state index in [2.05, 4.69) is 25.3 Å². The lowest BCUT2D eigenvalue weighted by Crippen LogP contribution is -2.47. The molecule has 3 aromatic rings. The van der Waals surface area contributed by atoms with Crippen LogP contribution in [0.5, 0.6) is 5.75 Å². The molecule has 2 fully saturated rings. The molecule has 1 amide bonds. The Balaban J connectivity index is 1.24. The molecular formula is C23H28N6O2. The average Bonchev–Trinajstić information content (AvgIpc) is 3.48. The van der Waals surface area contributed by atoms with Gasteiger partial charge in [0.1, 0.15) is 17.3 Å². The molecule has 0 unspecified atom stereocenters. The van der Waals surface area contributed by atoms with Gasteiger partial charge in [-0.05, 0) is 31.2 Å². The molecule has 0 spiro atoms. The number of hydrogen-bond acceptors (Lipinski definition) is 6. The van der Waals surface area contributed by atoms with Crippen LogP contribution < -0.4 is 15.0 Å². The van der Waals surface area contributed by atoms with Crippen LogP contribution in [-0.2, 0) is 7.05 Å². The van der Waals surface area contributed by atoms with Crippen molar-refractivity contribution in [1.82, 2.24) is 19.7 Å². The Labute approximate surface area is 181 Å². The number of carbonyl (C=O) groups is 1. The van der Waals surface area contributed by atoms with E-state index < -0.39 is 0 Å². The second-order valence-electron chi connectivity index (χ2n) is 8.65. The monoisotopic (exact) mass is 420 g/mol. The van der Waals surface area contributed by atoms with E-state index in [1.807, 2.05) is 32.3 Å². The van der Waals surface area contributed by atoms with Crippen molar-refractivity contribution in [1.29, 1.82) is 0 Å². The van der Waals surface area contributed by atoms with E-state index in [9.17, 15) is 4.79 Å². The van der Waals surface area contributed by atoms with Gasteiger partial charge in [0, 0.05) is 37.8 Å². The summed E-state index contributed by atoms with van der Waals surface area (Å²) in [6.45, 7) is 4.48. The number of nitrogens with zero attached hydrogens (tertiary/aromatic N) is 5. The van der Waals surface area contributed by atoms with Crippen LogP contribution in [0.15, 0.2) is 30.7 Å². The van der Waals surface area contributed by atoms with Gasteiger partial charge in [-0.2, -0.15) is 5.10 Å². The third kappa shape index (κ3) is 4.33. The van der Waals surface area contributed by atoms with Gasteiger partial charge >= 0.3 is 0 Å². The maximum Gasteiger partial charge on any atom is 0.275 e. The van der Waals surface area contributed by atoms with Gasteiger partial charge in [-0.25, -0.2) is 9.97 Å². The fourth-order valence-corrected chi connectivity index (χ4v) is 4.15. The van der Waals surface area contributed by atoms with Gasteiger partial charge in [-0.1, -0.05) is 19.3 Å². The van der Waals surface area contributed by atoms with E-state index in [-0.39, 0.29) is 11.6 Å². The molecule has 1 N–H and O–H groups in total. The predicted molar refractivity (Wildman–Crippen MR) is 120 cm³/mol. The molecule has 8 heteroatoms. The van der Waals surface area contributed by atoms with Crippen LogP contribution in [-0.4, -0.2) is 45.4 Å².